The van der Waals surface area contributed by atoms with Crippen LogP contribution in [-0.2, 0) is 13.1 Å². The van der Waals surface area contributed by atoms with Crippen molar-refractivity contribution < 1.29 is 0 Å². The van der Waals surface area contributed by atoms with E-state index in [-0.39, 0.29) is 0 Å². The zero-order chi connectivity index (χ0) is 14.2. The molecule has 0 bridgehead atoms. The Kier molecular flexibility index (Phi) is 6.48. The molecule has 0 radical (unpaired) electrons. The second-order valence-electron chi connectivity index (χ2n) is 6.10. The smallest absolute Gasteiger partial charge is 0.0547 e. The van der Waals surface area contributed by atoms with Gasteiger partial charge in [-0.2, -0.15) is 0 Å². The van der Waals surface area contributed by atoms with Gasteiger partial charge in [-0.1, -0.05) is 32.3 Å². The van der Waals surface area contributed by atoms with Crippen molar-refractivity contribution in [3.63, 3.8) is 0 Å². The molecule has 112 valence electrons. The first kappa shape index (κ1) is 15.5. The van der Waals surface area contributed by atoms with Crippen LogP contribution in [0, 0.1) is 5.92 Å². The Morgan fingerprint density at radius 2 is 1.95 bits per heavy atom. The van der Waals surface area contributed by atoms with Gasteiger partial charge in [0.25, 0.3) is 0 Å². The minimum Gasteiger partial charge on any atom is -0.311 e. The van der Waals surface area contributed by atoms with Crippen molar-refractivity contribution in [1.82, 2.24) is 15.2 Å². The van der Waals surface area contributed by atoms with Gasteiger partial charge in [0.2, 0.25) is 0 Å². The molecule has 1 fully saturated rings. The quantitative estimate of drug-likeness (QED) is 0.828. The third kappa shape index (κ3) is 5.22. The summed E-state index contributed by atoms with van der Waals surface area (Å²) < 4.78 is 0. The van der Waals surface area contributed by atoms with Crippen molar-refractivity contribution in [2.24, 2.45) is 5.92 Å². The molecule has 1 aliphatic rings. The number of nitrogens with one attached hydrogen (secondary N) is 1. The van der Waals surface area contributed by atoms with Crippen LogP contribution in [0.3, 0.4) is 0 Å². The van der Waals surface area contributed by atoms with E-state index in [9.17, 15) is 0 Å². The number of aromatic nitrogens is 1. The zero-order valence-corrected chi connectivity index (χ0v) is 13.1. The van der Waals surface area contributed by atoms with E-state index in [4.69, 9.17) is 4.98 Å². The Morgan fingerprint density at radius 1 is 1.20 bits per heavy atom. The molecule has 1 saturated carbocycles. The molecule has 2 rings (SSSR count). The van der Waals surface area contributed by atoms with Crippen LogP contribution in [0.25, 0.3) is 0 Å². The predicted octanol–water partition coefficient (Wildman–Crippen LogP) is 3.20. The van der Waals surface area contributed by atoms with Crippen molar-refractivity contribution in [2.75, 3.05) is 20.1 Å². The van der Waals surface area contributed by atoms with E-state index in [0.717, 1.165) is 31.2 Å². The van der Waals surface area contributed by atoms with Gasteiger partial charge in [-0.15, -0.1) is 0 Å². The van der Waals surface area contributed by atoms with Crippen LogP contribution >= 0.6 is 0 Å². The first-order valence-electron chi connectivity index (χ1n) is 8.12. The normalized spacial score (nSPS) is 16.8. The van der Waals surface area contributed by atoms with Crippen molar-refractivity contribution in [1.29, 1.82) is 0 Å². The van der Waals surface area contributed by atoms with Crippen molar-refractivity contribution in [2.45, 2.75) is 52.1 Å². The lowest BCUT2D eigenvalue weighted by atomic mass is 9.89. The highest BCUT2D eigenvalue weighted by Gasteiger charge is 2.15. The van der Waals surface area contributed by atoms with Gasteiger partial charge in [0.15, 0.2) is 0 Å². The molecule has 1 aromatic heterocycles. The Balaban J connectivity index is 1.81. The van der Waals surface area contributed by atoms with Crippen molar-refractivity contribution in [3.05, 3.63) is 29.6 Å². The molecule has 0 aliphatic heterocycles. The second-order valence-corrected chi connectivity index (χ2v) is 6.10. The van der Waals surface area contributed by atoms with Gasteiger partial charge in [-0.25, -0.2) is 0 Å². The molecule has 1 aliphatic carbocycles. The Morgan fingerprint density at radius 3 is 2.70 bits per heavy atom. The highest BCUT2D eigenvalue weighted by Crippen LogP contribution is 2.24. The van der Waals surface area contributed by atoms with E-state index < -0.39 is 0 Å². The van der Waals surface area contributed by atoms with Gasteiger partial charge >= 0.3 is 0 Å². The third-order valence-corrected chi connectivity index (χ3v) is 4.15. The lowest BCUT2D eigenvalue weighted by Gasteiger charge is -2.26. The van der Waals surface area contributed by atoms with Crippen molar-refractivity contribution in [3.8, 4) is 0 Å². The summed E-state index contributed by atoms with van der Waals surface area (Å²) in [6.45, 7) is 6.18. The highest BCUT2D eigenvalue weighted by molar-refractivity contribution is 5.11. The predicted molar refractivity (Wildman–Crippen MR) is 84.5 cm³/mol. The SMILES string of the molecule is CCNCc1cccc(CN(C)CC2CCCCC2)n1. The van der Waals surface area contributed by atoms with Crippen LogP contribution in [0.2, 0.25) is 0 Å². The summed E-state index contributed by atoms with van der Waals surface area (Å²) in [6.07, 6.45) is 7.12. The second kappa shape index (κ2) is 8.38. The number of nitrogens with zero attached hydrogens (tertiary/aromatic N) is 2. The molecule has 3 heteroatoms. The molecule has 0 atom stereocenters. The number of hydrogen-bond donors (Lipinski definition) is 1. The van der Waals surface area contributed by atoms with Crippen LogP contribution < -0.4 is 5.32 Å². The first-order chi connectivity index (χ1) is 9.78. The van der Waals surface area contributed by atoms with Crippen LogP contribution in [0.15, 0.2) is 18.2 Å². The Labute approximate surface area is 123 Å². The maximum atomic E-state index is 4.74. The van der Waals surface area contributed by atoms with Gasteiger partial charge in [-0.3, -0.25) is 4.98 Å². The summed E-state index contributed by atoms with van der Waals surface area (Å²) in [4.78, 5) is 7.18. The lowest BCUT2D eigenvalue weighted by Crippen LogP contribution is -2.27. The summed E-state index contributed by atoms with van der Waals surface area (Å²) in [5.74, 6) is 0.902. The summed E-state index contributed by atoms with van der Waals surface area (Å²) in [7, 11) is 2.23. The number of pyridine rings is 1. The van der Waals surface area contributed by atoms with Crippen LogP contribution in [0.5, 0.6) is 0 Å². The number of rotatable bonds is 7. The fraction of sp³-hybridized carbons (Fsp3) is 0.706. The maximum Gasteiger partial charge on any atom is 0.0547 e. The van der Waals surface area contributed by atoms with Gasteiger partial charge < -0.3 is 10.2 Å². The van der Waals surface area contributed by atoms with Gasteiger partial charge in [-0.05, 0) is 44.5 Å². The summed E-state index contributed by atoms with van der Waals surface area (Å²) in [6, 6.07) is 6.38. The van der Waals surface area contributed by atoms with E-state index in [1.165, 1.54) is 44.3 Å². The average Bonchev–Trinajstić information content (AvgIpc) is 2.46. The molecule has 0 aromatic carbocycles. The van der Waals surface area contributed by atoms with Gasteiger partial charge in [0.05, 0.1) is 11.4 Å². The first-order valence-corrected chi connectivity index (χ1v) is 8.12. The standard InChI is InChI=1S/C17H29N3/c1-3-18-12-16-10-7-11-17(19-16)14-20(2)13-15-8-5-4-6-9-15/h7,10-11,15,18H,3-6,8-9,12-14H2,1-2H3. The molecule has 0 amide bonds. The third-order valence-electron chi connectivity index (χ3n) is 4.15. The topological polar surface area (TPSA) is 28.2 Å². The van der Waals surface area contributed by atoms with E-state index in [1.807, 2.05) is 0 Å². The monoisotopic (exact) mass is 275 g/mol. The molecule has 0 unspecified atom stereocenters. The Hall–Kier alpha value is -0.930. The fourth-order valence-corrected chi connectivity index (χ4v) is 3.12. The van der Waals surface area contributed by atoms with E-state index in [1.54, 1.807) is 0 Å². The molecular weight excluding hydrogens is 246 g/mol. The van der Waals surface area contributed by atoms with Crippen molar-refractivity contribution >= 4 is 0 Å². The molecule has 20 heavy (non-hydrogen) atoms. The molecule has 1 N–H and O–H groups in total. The summed E-state index contributed by atoms with van der Waals surface area (Å²) >= 11 is 0. The molecule has 0 spiro atoms. The average molecular weight is 275 g/mol. The van der Waals surface area contributed by atoms with Gasteiger partial charge in [0.1, 0.15) is 0 Å². The van der Waals surface area contributed by atoms with Gasteiger partial charge in [0, 0.05) is 19.6 Å². The highest BCUT2D eigenvalue weighted by atomic mass is 15.1. The molecule has 0 saturated heterocycles. The minimum atomic E-state index is 0.872. The van der Waals surface area contributed by atoms with Crippen LogP contribution in [0.4, 0.5) is 0 Å². The summed E-state index contributed by atoms with van der Waals surface area (Å²) in [5.41, 5.74) is 2.34. The molecule has 3 nitrogen and oxygen atoms in total. The largest absolute Gasteiger partial charge is 0.311 e. The fourth-order valence-electron chi connectivity index (χ4n) is 3.12. The Bertz CT molecular complexity index is 386. The molecule has 1 heterocycles. The maximum absolute atomic E-state index is 4.74. The molecule has 1 aromatic rings. The van der Waals surface area contributed by atoms with Crippen LogP contribution in [0.1, 0.15) is 50.4 Å². The molecular formula is C17H29N3. The summed E-state index contributed by atoms with van der Waals surface area (Å²) in [5, 5.41) is 3.33. The van der Waals surface area contributed by atoms with Crippen LogP contribution in [-0.4, -0.2) is 30.0 Å². The van der Waals surface area contributed by atoms with E-state index >= 15 is 0 Å². The zero-order valence-electron chi connectivity index (χ0n) is 13.1. The number of hydrogen-bond acceptors (Lipinski definition) is 3. The van der Waals surface area contributed by atoms with E-state index in [2.05, 4.69) is 42.4 Å². The van der Waals surface area contributed by atoms with E-state index in [0.29, 0.717) is 0 Å². The lowest BCUT2D eigenvalue weighted by molar-refractivity contribution is 0.226. The minimum absolute atomic E-state index is 0.872.